The third-order valence-corrected chi connectivity index (χ3v) is 2.71. The third kappa shape index (κ3) is 2.58. The summed E-state index contributed by atoms with van der Waals surface area (Å²) in [5.41, 5.74) is 0.559. The van der Waals surface area contributed by atoms with E-state index >= 15 is 0 Å². The highest BCUT2D eigenvalue weighted by molar-refractivity contribution is 14.1. The smallest absolute Gasteiger partial charge is 0.254 e. The average molecular weight is 318 g/mol. The van der Waals surface area contributed by atoms with Gasteiger partial charge in [0.05, 0.1) is 17.9 Å². The van der Waals surface area contributed by atoms with Crippen molar-refractivity contribution in [3.05, 3.63) is 21.5 Å². The summed E-state index contributed by atoms with van der Waals surface area (Å²) in [5, 5.41) is 2.59. The van der Waals surface area contributed by atoms with Gasteiger partial charge in [0.25, 0.3) is 5.91 Å². The molecule has 0 atom stereocenters. The summed E-state index contributed by atoms with van der Waals surface area (Å²) in [7, 11) is 1.61. The van der Waals surface area contributed by atoms with Gasteiger partial charge in [0.1, 0.15) is 3.70 Å². The Balaban J connectivity index is 2.29. The van der Waals surface area contributed by atoms with Crippen molar-refractivity contribution in [3.8, 4) is 5.75 Å². The minimum Gasteiger partial charge on any atom is -0.488 e. The van der Waals surface area contributed by atoms with Crippen molar-refractivity contribution in [3.63, 3.8) is 0 Å². The van der Waals surface area contributed by atoms with E-state index in [-0.39, 0.29) is 12.0 Å². The molecule has 0 saturated heterocycles. The first-order valence-corrected chi connectivity index (χ1v) is 5.83. The molecule has 0 unspecified atom stereocenters. The Bertz CT molecular complexity index is 391. The molecular formula is C10H11IN2O2. The Hall–Kier alpha value is -0.850. The van der Waals surface area contributed by atoms with Crippen LogP contribution in [-0.4, -0.2) is 24.0 Å². The molecule has 1 N–H and O–H groups in total. The molecular weight excluding hydrogens is 307 g/mol. The number of hydrogen-bond acceptors (Lipinski definition) is 3. The Kier molecular flexibility index (Phi) is 3.08. The van der Waals surface area contributed by atoms with Gasteiger partial charge in [0.15, 0.2) is 5.75 Å². The zero-order valence-corrected chi connectivity index (χ0v) is 10.4. The SMILES string of the molecule is CNC(=O)c1cc(I)ncc1OC1CC1. The fraction of sp³-hybridized carbons (Fsp3) is 0.400. The molecule has 5 heteroatoms. The Morgan fingerprint density at radius 3 is 3.00 bits per heavy atom. The van der Waals surface area contributed by atoms with E-state index < -0.39 is 0 Å². The second-order valence-corrected chi connectivity index (χ2v) is 4.50. The summed E-state index contributed by atoms with van der Waals surface area (Å²) in [5.74, 6) is 0.447. The zero-order chi connectivity index (χ0) is 10.8. The van der Waals surface area contributed by atoms with Gasteiger partial charge in [-0.3, -0.25) is 4.79 Å². The van der Waals surface area contributed by atoms with Crippen LogP contribution in [-0.2, 0) is 0 Å². The number of hydrogen-bond donors (Lipinski definition) is 1. The first kappa shape index (κ1) is 10.7. The summed E-state index contributed by atoms with van der Waals surface area (Å²) in [6.07, 6.45) is 4.03. The minimum atomic E-state index is -0.133. The molecule has 0 aliphatic heterocycles. The van der Waals surface area contributed by atoms with Crippen LogP contribution in [0.2, 0.25) is 0 Å². The van der Waals surface area contributed by atoms with Gasteiger partial charge < -0.3 is 10.1 Å². The molecule has 0 radical (unpaired) electrons. The number of aromatic nitrogens is 1. The fourth-order valence-corrected chi connectivity index (χ4v) is 1.64. The summed E-state index contributed by atoms with van der Waals surface area (Å²) >= 11 is 2.07. The summed E-state index contributed by atoms with van der Waals surface area (Å²) < 4.78 is 6.39. The molecule has 1 saturated carbocycles. The van der Waals surface area contributed by atoms with Crippen LogP contribution in [0.25, 0.3) is 0 Å². The number of carbonyl (C=O) groups is 1. The molecule has 1 aliphatic carbocycles. The highest BCUT2D eigenvalue weighted by Crippen LogP contribution is 2.29. The van der Waals surface area contributed by atoms with Crippen LogP contribution < -0.4 is 10.1 Å². The monoisotopic (exact) mass is 318 g/mol. The molecule has 2 rings (SSSR count). The molecule has 1 aromatic heterocycles. The van der Waals surface area contributed by atoms with Crippen LogP contribution in [0.1, 0.15) is 23.2 Å². The highest BCUT2D eigenvalue weighted by atomic mass is 127. The topological polar surface area (TPSA) is 51.2 Å². The standard InChI is InChI=1S/C10H11IN2O2/c1-12-10(14)7-4-9(11)13-5-8(7)15-6-2-3-6/h4-6H,2-3H2,1H3,(H,12,14). The lowest BCUT2D eigenvalue weighted by Crippen LogP contribution is -2.19. The first-order valence-electron chi connectivity index (χ1n) is 4.75. The van der Waals surface area contributed by atoms with Crippen molar-refractivity contribution in [2.24, 2.45) is 0 Å². The maximum absolute atomic E-state index is 11.6. The Labute approximate surface area is 102 Å². The molecule has 0 bridgehead atoms. The average Bonchev–Trinajstić information content (AvgIpc) is 3.03. The number of pyridine rings is 1. The quantitative estimate of drug-likeness (QED) is 0.680. The second-order valence-electron chi connectivity index (χ2n) is 3.40. The van der Waals surface area contributed by atoms with E-state index in [2.05, 4.69) is 32.9 Å². The zero-order valence-electron chi connectivity index (χ0n) is 8.29. The van der Waals surface area contributed by atoms with Crippen LogP contribution >= 0.6 is 22.6 Å². The number of ether oxygens (including phenoxy) is 1. The van der Waals surface area contributed by atoms with Crippen molar-refractivity contribution in [2.75, 3.05) is 7.05 Å². The number of nitrogens with zero attached hydrogens (tertiary/aromatic N) is 1. The number of halogens is 1. The predicted octanol–water partition coefficient (Wildman–Crippen LogP) is 1.59. The largest absolute Gasteiger partial charge is 0.488 e. The van der Waals surface area contributed by atoms with E-state index in [1.807, 2.05) is 0 Å². The van der Waals surface area contributed by atoms with Gasteiger partial charge in [0, 0.05) is 7.05 Å². The lowest BCUT2D eigenvalue weighted by atomic mass is 10.2. The normalized spacial score (nSPS) is 14.8. The van der Waals surface area contributed by atoms with Crippen LogP contribution in [0.4, 0.5) is 0 Å². The minimum absolute atomic E-state index is 0.133. The van der Waals surface area contributed by atoms with E-state index in [1.54, 1.807) is 19.3 Å². The van der Waals surface area contributed by atoms with E-state index in [0.29, 0.717) is 11.3 Å². The molecule has 0 aromatic carbocycles. The van der Waals surface area contributed by atoms with Gasteiger partial charge in [-0.15, -0.1) is 0 Å². The summed E-state index contributed by atoms with van der Waals surface area (Å²) in [6, 6.07) is 1.73. The summed E-state index contributed by atoms with van der Waals surface area (Å²) in [6.45, 7) is 0. The van der Waals surface area contributed by atoms with Crippen LogP contribution in [0, 0.1) is 3.70 Å². The molecule has 80 valence electrons. The van der Waals surface area contributed by atoms with Gasteiger partial charge in [-0.25, -0.2) is 4.98 Å². The van der Waals surface area contributed by atoms with Crippen molar-refractivity contribution in [2.45, 2.75) is 18.9 Å². The lowest BCUT2D eigenvalue weighted by molar-refractivity contribution is 0.0958. The molecule has 1 heterocycles. The fourth-order valence-electron chi connectivity index (χ4n) is 1.19. The van der Waals surface area contributed by atoms with Gasteiger partial charge in [-0.05, 0) is 41.5 Å². The Morgan fingerprint density at radius 1 is 1.67 bits per heavy atom. The van der Waals surface area contributed by atoms with Gasteiger partial charge in [-0.1, -0.05) is 0 Å². The van der Waals surface area contributed by atoms with Crippen LogP contribution in [0.3, 0.4) is 0 Å². The van der Waals surface area contributed by atoms with E-state index in [9.17, 15) is 4.79 Å². The molecule has 1 amide bonds. The molecule has 15 heavy (non-hydrogen) atoms. The van der Waals surface area contributed by atoms with Crippen molar-refractivity contribution in [1.29, 1.82) is 0 Å². The third-order valence-electron chi connectivity index (χ3n) is 2.12. The van der Waals surface area contributed by atoms with E-state index in [1.165, 1.54) is 0 Å². The molecule has 0 spiro atoms. The van der Waals surface area contributed by atoms with E-state index in [4.69, 9.17) is 4.74 Å². The second kappa shape index (κ2) is 4.34. The molecule has 4 nitrogen and oxygen atoms in total. The highest BCUT2D eigenvalue weighted by Gasteiger charge is 2.25. The maximum atomic E-state index is 11.6. The van der Waals surface area contributed by atoms with Crippen molar-refractivity contribution >= 4 is 28.5 Å². The van der Waals surface area contributed by atoms with E-state index in [0.717, 1.165) is 16.5 Å². The van der Waals surface area contributed by atoms with Crippen LogP contribution in [0.15, 0.2) is 12.3 Å². The van der Waals surface area contributed by atoms with Crippen molar-refractivity contribution < 1.29 is 9.53 Å². The lowest BCUT2D eigenvalue weighted by Gasteiger charge is -2.09. The predicted molar refractivity (Wildman–Crippen MR) is 64.0 cm³/mol. The molecule has 1 fully saturated rings. The molecule has 1 aromatic rings. The summed E-state index contributed by atoms with van der Waals surface area (Å²) in [4.78, 5) is 15.7. The maximum Gasteiger partial charge on any atom is 0.254 e. The van der Waals surface area contributed by atoms with Gasteiger partial charge in [0.2, 0.25) is 0 Å². The Morgan fingerprint density at radius 2 is 2.40 bits per heavy atom. The number of amides is 1. The van der Waals surface area contributed by atoms with Gasteiger partial charge >= 0.3 is 0 Å². The van der Waals surface area contributed by atoms with Crippen molar-refractivity contribution in [1.82, 2.24) is 10.3 Å². The number of carbonyl (C=O) groups excluding carboxylic acids is 1. The van der Waals surface area contributed by atoms with Gasteiger partial charge in [-0.2, -0.15) is 0 Å². The van der Waals surface area contributed by atoms with Crippen LogP contribution in [0.5, 0.6) is 5.75 Å². The molecule has 1 aliphatic rings. The number of rotatable bonds is 3. The first-order chi connectivity index (χ1) is 7.20. The number of nitrogens with one attached hydrogen (secondary N) is 1.